The number of rotatable bonds is 3. The molecule has 1 amide bonds. The molecule has 0 saturated heterocycles. The standard InChI is InChI=1S/C18H22N2O/c1-14-7-9-16(10-8-14)20(17(21)18(2,3)4)13-15-6-5-11-19-12-15/h5-12H,13H2,1-4H3. The van der Waals surface area contributed by atoms with E-state index in [1.807, 2.05) is 69.0 Å². The Hall–Kier alpha value is -2.16. The lowest BCUT2D eigenvalue weighted by Gasteiger charge is -2.29. The second kappa shape index (κ2) is 6.08. The molecule has 1 aromatic carbocycles. The van der Waals surface area contributed by atoms with E-state index >= 15 is 0 Å². The van der Waals surface area contributed by atoms with E-state index in [-0.39, 0.29) is 5.91 Å². The number of nitrogens with zero attached hydrogens (tertiary/aromatic N) is 2. The average molecular weight is 282 g/mol. The highest BCUT2D eigenvalue weighted by Gasteiger charge is 2.28. The van der Waals surface area contributed by atoms with Crippen LogP contribution in [0.1, 0.15) is 31.9 Å². The first-order chi connectivity index (χ1) is 9.88. The molecule has 2 aromatic rings. The number of amides is 1. The molecular formula is C18H22N2O. The number of benzene rings is 1. The largest absolute Gasteiger partial charge is 0.307 e. The van der Waals surface area contributed by atoms with Crippen molar-refractivity contribution in [2.24, 2.45) is 5.41 Å². The number of hydrogen-bond acceptors (Lipinski definition) is 2. The number of carbonyl (C=O) groups is 1. The first-order valence-electron chi connectivity index (χ1n) is 7.15. The molecule has 0 aliphatic heterocycles. The van der Waals surface area contributed by atoms with Crippen molar-refractivity contribution in [2.75, 3.05) is 4.90 Å². The fourth-order valence-corrected chi connectivity index (χ4v) is 2.08. The van der Waals surface area contributed by atoms with Gasteiger partial charge in [0.25, 0.3) is 0 Å². The van der Waals surface area contributed by atoms with Gasteiger partial charge in [-0.1, -0.05) is 44.5 Å². The van der Waals surface area contributed by atoms with Crippen molar-refractivity contribution >= 4 is 11.6 Å². The maximum Gasteiger partial charge on any atom is 0.232 e. The molecule has 110 valence electrons. The van der Waals surface area contributed by atoms with Crippen LogP contribution in [0.15, 0.2) is 48.8 Å². The Kier molecular flexibility index (Phi) is 4.41. The molecule has 2 rings (SSSR count). The molecule has 0 N–H and O–H groups in total. The molecule has 3 nitrogen and oxygen atoms in total. The minimum Gasteiger partial charge on any atom is -0.307 e. The van der Waals surface area contributed by atoms with E-state index in [1.54, 1.807) is 12.4 Å². The van der Waals surface area contributed by atoms with Crippen molar-refractivity contribution in [3.05, 3.63) is 59.9 Å². The van der Waals surface area contributed by atoms with Gasteiger partial charge in [-0.2, -0.15) is 0 Å². The van der Waals surface area contributed by atoms with Gasteiger partial charge in [-0.15, -0.1) is 0 Å². The summed E-state index contributed by atoms with van der Waals surface area (Å²) in [5.74, 6) is 0.107. The summed E-state index contributed by atoms with van der Waals surface area (Å²) in [6.45, 7) is 8.41. The van der Waals surface area contributed by atoms with Gasteiger partial charge in [0.15, 0.2) is 0 Å². The zero-order chi connectivity index (χ0) is 15.5. The second-order valence-electron chi connectivity index (χ2n) is 6.34. The number of aromatic nitrogens is 1. The maximum atomic E-state index is 12.8. The summed E-state index contributed by atoms with van der Waals surface area (Å²) < 4.78 is 0. The number of carbonyl (C=O) groups excluding carboxylic acids is 1. The number of anilines is 1. The van der Waals surface area contributed by atoms with Gasteiger partial charge in [0.1, 0.15) is 0 Å². The van der Waals surface area contributed by atoms with E-state index in [4.69, 9.17) is 0 Å². The van der Waals surface area contributed by atoms with Gasteiger partial charge < -0.3 is 4.90 Å². The van der Waals surface area contributed by atoms with Crippen LogP contribution in [0.4, 0.5) is 5.69 Å². The van der Waals surface area contributed by atoms with Gasteiger partial charge in [0.05, 0.1) is 6.54 Å². The first kappa shape index (κ1) is 15.2. The lowest BCUT2D eigenvalue weighted by molar-refractivity contribution is -0.125. The van der Waals surface area contributed by atoms with Crippen molar-refractivity contribution in [2.45, 2.75) is 34.2 Å². The molecule has 0 radical (unpaired) electrons. The summed E-state index contributed by atoms with van der Waals surface area (Å²) in [7, 11) is 0. The van der Waals surface area contributed by atoms with E-state index in [0.717, 1.165) is 11.3 Å². The van der Waals surface area contributed by atoms with Crippen molar-refractivity contribution in [3.63, 3.8) is 0 Å². The fraction of sp³-hybridized carbons (Fsp3) is 0.333. The van der Waals surface area contributed by atoms with Crippen LogP contribution in [0.2, 0.25) is 0 Å². The number of aryl methyl sites for hydroxylation is 1. The Labute approximate surface area is 126 Å². The fourth-order valence-electron chi connectivity index (χ4n) is 2.08. The smallest absolute Gasteiger partial charge is 0.232 e. The molecule has 21 heavy (non-hydrogen) atoms. The summed E-state index contributed by atoms with van der Waals surface area (Å²) in [5, 5.41) is 0. The molecule has 1 heterocycles. The van der Waals surface area contributed by atoms with E-state index in [1.165, 1.54) is 5.56 Å². The van der Waals surface area contributed by atoms with Crippen LogP contribution in [0.5, 0.6) is 0 Å². The van der Waals surface area contributed by atoms with Gasteiger partial charge in [0, 0.05) is 23.5 Å². The highest BCUT2D eigenvalue weighted by Crippen LogP contribution is 2.25. The second-order valence-corrected chi connectivity index (χ2v) is 6.34. The third-order valence-corrected chi connectivity index (χ3v) is 3.30. The van der Waals surface area contributed by atoms with Crippen LogP contribution >= 0.6 is 0 Å². The third-order valence-electron chi connectivity index (χ3n) is 3.30. The summed E-state index contributed by atoms with van der Waals surface area (Å²) in [6.07, 6.45) is 3.54. The van der Waals surface area contributed by atoms with Crippen LogP contribution in [-0.2, 0) is 11.3 Å². The van der Waals surface area contributed by atoms with Crippen LogP contribution in [0, 0.1) is 12.3 Å². The van der Waals surface area contributed by atoms with Crippen LogP contribution < -0.4 is 4.90 Å². The molecule has 0 bridgehead atoms. The molecule has 0 unspecified atom stereocenters. The minimum absolute atomic E-state index is 0.107. The predicted molar refractivity (Wildman–Crippen MR) is 86.1 cm³/mol. The SMILES string of the molecule is Cc1ccc(N(Cc2cccnc2)C(=O)C(C)(C)C)cc1. The molecule has 1 aromatic heterocycles. The quantitative estimate of drug-likeness (QED) is 0.853. The molecule has 0 saturated carbocycles. The summed E-state index contributed by atoms with van der Waals surface area (Å²) >= 11 is 0. The van der Waals surface area contributed by atoms with E-state index < -0.39 is 5.41 Å². The van der Waals surface area contributed by atoms with Gasteiger partial charge in [-0.25, -0.2) is 0 Å². The predicted octanol–water partition coefficient (Wildman–Crippen LogP) is 3.97. The number of pyridine rings is 1. The Morgan fingerprint density at radius 3 is 2.33 bits per heavy atom. The van der Waals surface area contributed by atoms with E-state index in [0.29, 0.717) is 6.54 Å². The zero-order valence-corrected chi connectivity index (χ0v) is 13.1. The zero-order valence-electron chi connectivity index (χ0n) is 13.1. The van der Waals surface area contributed by atoms with Crippen LogP contribution in [0.25, 0.3) is 0 Å². The Morgan fingerprint density at radius 1 is 1.14 bits per heavy atom. The average Bonchev–Trinajstić information content (AvgIpc) is 2.45. The number of hydrogen-bond donors (Lipinski definition) is 0. The topological polar surface area (TPSA) is 33.2 Å². The minimum atomic E-state index is -0.424. The summed E-state index contributed by atoms with van der Waals surface area (Å²) in [6, 6.07) is 11.9. The molecule has 0 aliphatic carbocycles. The van der Waals surface area contributed by atoms with Crippen molar-refractivity contribution in [1.29, 1.82) is 0 Å². The summed E-state index contributed by atoms with van der Waals surface area (Å²) in [5.41, 5.74) is 2.70. The third kappa shape index (κ3) is 3.91. The molecule has 3 heteroatoms. The van der Waals surface area contributed by atoms with Crippen LogP contribution in [-0.4, -0.2) is 10.9 Å². The molecule has 0 aliphatic rings. The maximum absolute atomic E-state index is 12.8. The van der Waals surface area contributed by atoms with Gasteiger partial charge in [-0.05, 0) is 30.7 Å². The Bertz CT molecular complexity index is 597. The molecule has 0 atom stereocenters. The molecular weight excluding hydrogens is 260 g/mol. The monoisotopic (exact) mass is 282 g/mol. The van der Waals surface area contributed by atoms with Gasteiger partial charge >= 0.3 is 0 Å². The van der Waals surface area contributed by atoms with E-state index in [9.17, 15) is 4.79 Å². The Balaban J connectivity index is 2.35. The van der Waals surface area contributed by atoms with Gasteiger partial charge in [0.2, 0.25) is 5.91 Å². The van der Waals surface area contributed by atoms with Gasteiger partial charge in [-0.3, -0.25) is 9.78 Å². The lowest BCUT2D eigenvalue weighted by atomic mass is 9.94. The van der Waals surface area contributed by atoms with Crippen molar-refractivity contribution in [1.82, 2.24) is 4.98 Å². The highest BCUT2D eigenvalue weighted by atomic mass is 16.2. The highest BCUT2D eigenvalue weighted by molar-refractivity contribution is 5.96. The lowest BCUT2D eigenvalue weighted by Crippen LogP contribution is -2.39. The Morgan fingerprint density at radius 2 is 1.81 bits per heavy atom. The van der Waals surface area contributed by atoms with Crippen molar-refractivity contribution < 1.29 is 4.79 Å². The van der Waals surface area contributed by atoms with Crippen LogP contribution in [0.3, 0.4) is 0 Å². The normalized spacial score (nSPS) is 11.2. The molecule has 0 fully saturated rings. The van der Waals surface area contributed by atoms with E-state index in [2.05, 4.69) is 4.98 Å². The molecule has 0 spiro atoms. The summed E-state index contributed by atoms with van der Waals surface area (Å²) in [4.78, 5) is 18.7. The van der Waals surface area contributed by atoms with Crippen molar-refractivity contribution in [3.8, 4) is 0 Å². The first-order valence-corrected chi connectivity index (χ1v) is 7.15.